The number of halogens is 1. The van der Waals surface area contributed by atoms with Gasteiger partial charge in [-0.05, 0) is 62.2 Å². The molecule has 1 fully saturated rings. The Kier molecular flexibility index (Phi) is 5.85. The highest BCUT2D eigenvalue weighted by molar-refractivity contribution is 6.01. The number of fused-ring (bicyclic) bond motifs is 1. The quantitative estimate of drug-likeness (QED) is 0.834. The van der Waals surface area contributed by atoms with Crippen LogP contribution in [0, 0.1) is 5.82 Å². The average Bonchev–Trinajstić information content (AvgIpc) is 3.01. The lowest BCUT2D eigenvalue weighted by Gasteiger charge is -2.35. The zero-order valence-electron chi connectivity index (χ0n) is 16.2. The van der Waals surface area contributed by atoms with E-state index in [1.165, 1.54) is 12.1 Å². The molecule has 7 heteroatoms. The maximum Gasteiger partial charge on any atom is 0.231 e. The van der Waals surface area contributed by atoms with Gasteiger partial charge in [0, 0.05) is 24.3 Å². The number of hydrogen-bond acceptors (Lipinski definition) is 4. The Bertz CT molecular complexity index is 882. The van der Waals surface area contributed by atoms with Crippen LogP contribution in [-0.4, -0.2) is 40.8 Å². The van der Waals surface area contributed by atoms with Gasteiger partial charge >= 0.3 is 0 Å². The van der Waals surface area contributed by atoms with Crippen molar-refractivity contribution >= 4 is 17.5 Å². The molecule has 2 aliphatic heterocycles. The fraction of sp³-hybridized carbons (Fsp3) is 0.409. The number of amides is 2. The summed E-state index contributed by atoms with van der Waals surface area (Å²) in [5, 5.41) is 6.08. The molecule has 2 aliphatic rings. The molecule has 3 heterocycles. The van der Waals surface area contributed by atoms with Crippen LogP contribution < -0.4 is 10.6 Å². The van der Waals surface area contributed by atoms with E-state index in [4.69, 9.17) is 0 Å². The second kappa shape index (κ2) is 8.69. The van der Waals surface area contributed by atoms with Gasteiger partial charge in [0.15, 0.2) is 0 Å². The molecule has 2 amide bonds. The molecule has 2 N–H and O–H groups in total. The van der Waals surface area contributed by atoms with E-state index in [0.717, 1.165) is 38.0 Å². The van der Waals surface area contributed by atoms with E-state index in [1.54, 1.807) is 12.3 Å². The van der Waals surface area contributed by atoms with Crippen molar-refractivity contribution in [2.75, 3.05) is 18.4 Å². The molecule has 0 radical (unpaired) electrons. The molecular weight excluding hydrogens is 371 g/mol. The summed E-state index contributed by atoms with van der Waals surface area (Å²) in [7, 11) is 0. The molecule has 1 aromatic carbocycles. The van der Waals surface area contributed by atoms with Gasteiger partial charge in [-0.15, -0.1) is 0 Å². The number of hydrogen-bond donors (Lipinski definition) is 2. The van der Waals surface area contributed by atoms with Gasteiger partial charge < -0.3 is 15.5 Å². The van der Waals surface area contributed by atoms with Gasteiger partial charge in [-0.2, -0.15) is 0 Å². The van der Waals surface area contributed by atoms with Crippen molar-refractivity contribution < 1.29 is 14.0 Å². The summed E-state index contributed by atoms with van der Waals surface area (Å²) < 4.78 is 13.7. The number of aromatic nitrogens is 1. The van der Waals surface area contributed by atoms with Crippen molar-refractivity contribution in [3.05, 3.63) is 59.7 Å². The first-order valence-corrected chi connectivity index (χ1v) is 10.1. The molecule has 2 unspecified atom stereocenters. The zero-order chi connectivity index (χ0) is 20.2. The highest BCUT2D eigenvalue weighted by Crippen LogP contribution is 2.35. The van der Waals surface area contributed by atoms with Gasteiger partial charge in [-0.1, -0.05) is 12.1 Å². The van der Waals surface area contributed by atoms with Gasteiger partial charge in [0.25, 0.3) is 0 Å². The van der Waals surface area contributed by atoms with Crippen molar-refractivity contribution in [3.8, 4) is 0 Å². The van der Waals surface area contributed by atoms with Crippen LogP contribution in [0.3, 0.4) is 0 Å². The van der Waals surface area contributed by atoms with E-state index in [2.05, 4.69) is 15.6 Å². The van der Waals surface area contributed by atoms with Crippen LogP contribution in [0.5, 0.6) is 0 Å². The van der Waals surface area contributed by atoms with Crippen LogP contribution in [-0.2, 0) is 16.1 Å². The average molecular weight is 396 g/mol. The minimum atomic E-state index is -0.612. The molecule has 2 aromatic rings. The molecule has 29 heavy (non-hydrogen) atoms. The molecular formula is C22H25FN4O2. The SMILES string of the molecule is O=C1CC(C(=O)N(Cc2ccccn2)C2CCCNCC2)c2ccc(F)cc2N1. The van der Waals surface area contributed by atoms with Crippen molar-refractivity contribution in [3.63, 3.8) is 0 Å². The van der Waals surface area contributed by atoms with Crippen LogP contribution >= 0.6 is 0 Å². The standard InChI is InChI=1S/C22H25FN4O2/c23-15-6-7-18-19(13-21(28)26-20(18)12-15)22(29)27(14-16-4-1-2-10-25-16)17-5-3-9-24-11-8-17/h1-2,4,6-7,10,12,17,19,24H,3,5,8-9,11,13-14H2,(H,26,28). The number of pyridine rings is 1. The molecule has 4 rings (SSSR count). The monoisotopic (exact) mass is 396 g/mol. The van der Waals surface area contributed by atoms with Crippen molar-refractivity contribution in [2.45, 2.75) is 44.2 Å². The summed E-state index contributed by atoms with van der Waals surface area (Å²) in [5.41, 5.74) is 1.88. The maximum absolute atomic E-state index is 13.7. The van der Waals surface area contributed by atoms with Gasteiger partial charge in [0.05, 0.1) is 18.2 Å². The number of nitrogens with zero attached hydrogens (tertiary/aromatic N) is 2. The fourth-order valence-corrected chi connectivity index (χ4v) is 4.22. The fourth-order valence-electron chi connectivity index (χ4n) is 4.22. The van der Waals surface area contributed by atoms with Crippen LogP contribution in [0.2, 0.25) is 0 Å². The first-order valence-electron chi connectivity index (χ1n) is 10.1. The molecule has 0 bridgehead atoms. The largest absolute Gasteiger partial charge is 0.333 e. The van der Waals surface area contributed by atoms with Gasteiger partial charge in [0.1, 0.15) is 5.82 Å². The first kappa shape index (κ1) is 19.5. The number of nitrogens with one attached hydrogen (secondary N) is 2. The summed E-state index contributed by atoms with van der Waals surface area (Å²) in [6.45, 7) is 2.19. The lowest BCUT2D eigenvalue weighted by molar-refractivity contribution is -0.138. The second-order valence-corrected chi connectivity index (χ2v) is 7.66. The van der Waals surface area contributed by atoms with Crippen molar-refractivity contribution in [2.24, 2.45) is 0 Å². The van der Waals surface area contributed by atoms with E-state index in [-0.39, 0.29) is 24.3 Å². The van der Waals surface area contributed by atoms with E-state index >= 15 is 0 Å². The van der Waals surface area contributed by atoms with Crippen LogP contribution in [0.4, 0.5) is 10.1 Å². The molecule has 0 spiro atoms. The van der Waals surface area contributed by atoms with Gasteiger partial charge in [-0.25, -0.2) is 4.39 Å². The molecule has 6 nitrogen and oxygen atoms in total. The summed E-state index contributed by atoms with van der Waals surface area (Å²) in [6.07, 6.45) is 4.54. The Morgan fingerprint density at radius 2 is 2.10 bits per heavy atom. The number of rotatable bonds is 4. The number of carbonyl (C=O) groups excluding carboxylic acids is 2. The molecule has 1 aromatic heterocycles. The highest BCUT2D eigenvalue weighted by atomic mass is 19.1. The van der Waals surface area contributed by atoms with Crippen molar-refractivity contribution in [1.82, 2.24) is 15.2 Å². The van der Waals surface area contributed by atoms with E-state index in [0.29, 0.717) is 17.8 Å². The highest BCUT2D eigenvalue weighted by Gasteiger charge is 2.36. The summed E-state index contributed by atoms with van der Waals surface area (Å²) in [6, 6.07) is 9.98. The predicted molar refractivity (Wildman–Crippen MR) is 108 cm³/mol. The molecule has 0 saturated carbocycles. The second-order valence-electron chi connectivity index (χ2n) is 7.66. The third-order valence-electron chi connectivity index (χ3n) is 5.68. The summed E-state index contributed by atoms with van der Waals surface area (Å²) in [5.74, 6) is -1.40. The Hall–Kier alpha value is -2.80. The smallest absolute Gasteiger partial charge is 0.231 e. The third kappa shape index (κ3) is 4.45. The van der Waals surface area contributed by atoms with Gasteiger partial charge in [-0.3, -0.25) is 14.6 Å². The number of anilines is 1. The van der Waals surface area contributed by atoms with Gasteiger partial charge in [0.2, 0.25) is 11.8 Å². The molecule has 1 saturated heterocycles. The van der Waals surface area contributed by atoms with Crippen LogP contribution in [0.1, 0.15) is 42.9 Å². The minimum absolute atomic E-state index is 0.0706. The number of benzene rings is 1. The first-order chi connectivity index (χ1) is 14.1. The molecule has 0 aliphatic carbocycles. The van der Waals surface area contributed by atoms with Crippen LogP contribution in [0.15, 0.2) is 42.6 Å². The Morgan fingerprint density at radius 3 is 2.93 bits per heavy atom. The Morgan fingerprint density at radius 1 is 1.21 bits per heavy atom. The van der Waals surface area contributed by atoms with Crippen LogP contribution in [0.25, 0.3) is 0 Å². The zero-order valence-corrected chi connectivity index (χ0v) is 16.2. The predicted octanol–water partition coefficient (Wildman–Crippen LogP) is 2.82. The summed E-state index contributed by atoms with van der Waals surface area (Å²) in [4.78, 5) is 32.2. The Labute approximate surface area is 169 Å². The molecule has 2 atom stereocenters. The number of carbonyl (C=O) groups is 2. The van der Waals surface area contributed by atoms with E-state index < -0.39 is 11.7 Å². The van der Waals surface area contributed by atoms with E-state index in [9.17, 15) is 14.0 Å². The lowest BCUT2D eigenvalue weighted by Crippen LogP contribution is -2.44. The minimum Gasteiger partial charge on any atom is -0.333 e. The normalized spacial score (nSPS) is 21.6. The topological polar surface area (TPSA) is 74.3 Å². The van der Waals surface area contributed by atoms with Crippen molar-refractivity contribution in [1.29, 1.82) is 0 Å². The Balaban J connectivity index is 1.66. The summed E-state index contributed by atoms with van der Waals surface area (Å²) >= 11 is 0. The lowest BCUT2D eigenvalue weighted by atomic mass is 9.88. The van der Waals surface area contributed by atoms with E-state index in [1.807, 2.05) is 23.1 Å². The molecule has 152 valence electrons. The third-order valence-corrected chi connectivity index (χ3v) is 5.68. The maximum atomic E-state index is 13.7.